The average Bonchev–Trinajstić information content (AvgIpc) is 2.55. The maximum Gasteiger partial charge on any atom is 0.330 e. The van der Waals surface area contributed by atoms with Gasteiger partial charge in [-0.25, -0.2) is 4.79 Å². The first kappa shape index (κ1) is 10.2. The number of hydrogen-bond acceptors (Lipinski definition) is 4. The van der Waals surface area contributed by atoms with Gasteiger partial charge in [-0.2, -0.15) is 0 Å². The number of rotatable bonds is 3. The fourth-order valence-electron chi connectivity index (χ4n) is 1.32. The predicted molar refractivity (Wildman–Crippen MR) is 47.0 cm³/mol. The van der Waals surface area contributed by atoms with E-state index >= 15 is 0 Å². The molecule has 1 fully saturated rings. The largest absolute Gasteiger partial charge is 0.392 e. The van der Waals surface area contributed by atoms with E-state index in [-0.39, 0.29) is 6.04 Å². The van der Waals surface area contributed by atoms with Crippen LogP contribution in [0.25, 0.3) is 0 Å². The van der Waals surface area contributed by atoms with Crippen LogP contribution in [0.1, 0.15) is 32.6 Å². The van der Waals surface area contributed by atoms with E-state index in [9.17, 15) is 9.59 Å². The van der Waals surface area contributed by atoms with Gasteiger partial charge in [-0.15, -0.1) is 0 Å². The fourth-order valence-corrected chi connectivity index (χ4v) is 1.32. The van der Waals surface area contributed by atoms with Crippen LogP contribution < -0.4 is 5.32 Å². The third-order valence-corrected chi connectivity index (χ3v) is 2.01. The Balaban J connectivity index is 2.27. The molecule has 4 nitrogen and oxygen atoms in total. The van der Waals surface area contributed by atoms with Crippen molar-refractivity contribution < 1.29 is 14.3 Å². The van der Waals surface area contributed by atoms with Crippen LogP contribution in [-0.4, -0.2) is 24.5 Å². The van der Waals surface area contributed by atoms with E-state index < -0.39 is 11.9 Å². The number of carbonyl (C=O) groups excluding carboxylic acids is 2. The quantitative estimate of drug-likeness (QED) is 0.517. The lowest BCUT2D eigenvalue weighted by Crippen LogP contribution is -2.33. The van der Waals surface area contributed by atoms with Crippen LogP contribution in [0.4, 0.5) is 0 Å². The SMILES string of the molecule is CCCC(=O)OC(=O)[C@@H]1CCCN1. The second kappa shape index (κ2) is 4.97. The average molecular weight is 185 g/mol. The highest BCUT2D eigenvalue weighted by atomic mass is 16.6. The van der Waals surface area contributed by atoms with E-state index in [1.54, 1.807) is 0 Å². The van der Waals surface area contributed by atoms with E-state index in [4.69, 9.17) is 0 Å². The van der Waals surface area contributed by atoms with Crippen molar-refractivity contribution in [3.63, 3.8) is 0 Å². The molecule has 1 aliphatic rings. The molecule has 1 heterocycles. The van der Waals surface area contributed by atoms with E-state index in [2.05, 4.69) is 10.1 Å². The number of esters is 2. The van der Waals surface area contributed by atoms with Crippen molar-refractivity contribution in [2.75, 3.05) is 6.54 Å². The van der Waals surface area contributed by atoms with Gasteiger partial charge in [-0.1, -0.05) is 6.92 Å². The molecule has 0 aliphatic carbocycles. The molecule has 1 saturated heterocycles. The molecule has 1 atom stereocenters. The van der Waals surface area contributed by atoms with Crippen LogP contribution in [0.15, 0.2) is 0 Å². The first-order valence-electron chi connectivity index (χ1n) is 4.72. The summed E-state index contributed by atoms with van der Waals surface area (Å²) in [6.07, 6.45) is 2.78. The molecule has 0 amide bonds. The van der Waals surface area contributed by atoms with Crippen molar-refractivity contribution in [1.82, 2.24) is 5.32 Å². The number of carbonyl (C=O) groups is 2. The zero-order valence-electron chi connectivity index (χ0n) is 7.84. The molecule has 0 radical (unpaired) electrons. The number of hydrogen-bond donors (Lipinski definition) is 1. The van der Waals surface area contributed by atoms with E-state index in [0.717, 1.165) is 19.4 Å². The maximum atomic E-state index is 11.2. The summed E-state index contributed by atoms with van der Waals surface area (Å²) in [6.45, 7) is 2.71. The van der Waals surface area contributed by atoms with Crippen LogP contribution in [0.5, 0.6) is 0 Å². The molecule has 0 saturated carbocycles. The highest BCUT2D eigenvalue weighted by molar-refractivity contribution is 5.88. The zero-order valence-corrected chi connectivity index (χ0v) is 7.84. The second-order valence-electron chi connectivity index (χ2n) is 3.19. The number of nitrogens with one attached hydrogen (secondary N) is 1. The summed E-state index contributed by atoms with van der Waals surface area (Å²) in [5.74, 6) is -0.836. The summed E-state index contributed by atoms with van der Waals surface area (Å²) in [7, 11) is 0. The van der Waals surface area contributed by atoms with Gasteiger partial charge >= 0.3 is 11.9 Å². The fraction of sp³-hybridized carbons (Fsp3) is 0.778. The Morgan fingerprint density at radius 3 is 2.85 bits per heavy atom. The van der Waals surface area contributed by atoms with E-state index in [1.165, 1.54) is 0 Å². The molecule has 0 spiro atoms. The molecule has 0 aromatic rings. The van der Waals surface area contributed by atoms with Crippen LogP contribution >= 0.6 is 0 Å². The molecular formula is C9H15NO3. The smallest absolute Gasteiger partial charge is 0.330 e. The summed E-state index contributed by atoms with van der Waals surface area (Å²) < 4.78 is 4.63. The minimum absolute atomic E-state index is 0.263. The van der Waals surface area contributed by atoms with Crippen molar-refractivity contribution in [3.05, 3.63) is 0 Å². The topological polar surface area (TPSA) is 55.4 Å². The minimum atomic E-state index is -0.420. The van der Waals surface area contributed by atoms with Crippen molar-refractivity contribution in [3.8, 4) is 0 Å². The van der Waals surface area contributed by atoms with Gasteiger partial charge in [0.2, 0.25) is 0 Å². The molecule has 13 heavy (non-hydrogen) atoms. The first-order chi connectivity index (χ1) is 6.24. The summed E-state index contributed by atoms with van der Waals surface area (Å²) in [6, 6.07) is -0.263. The van der Waals surface area contributed by atoms with E-state index in [1.807, 2.05) is 6.92 Å². The van der Waals surface area contributed by atoms with E-state index in [0.29, 0.717) is 12.8 Å². The lowest BCUT2D eigenvalue weighted by atomic mass is 10.2. The van der Waals surface area contributed by atoms with Crippen LogP contribution in [0.2, 0.25) is 0 Å². The zero-order chi connectivity index (χ0) is 9.68. The van der Waals surface area contributed by atoms with Crippen molar-refractivity contribution in [1.29, 1.82) is 0 Å². The Kier molecular flexibility index (Phi) is 3.89. The second-order valence-corrected chi connectivity index (χ2v) is 3.19. The van der Waals surface area contributed by atoms with Crippen molar-refractivity contribution in [2.24, 2.45) is 0 Å². The molecule has 0 aromatic heterocycles. The van der Waals surface area contributed by atoms with Gasteiger partial charge in [0.15, 0.2) is 0 Å². The molecule has 0 bridgehead atoms. The molecule has 1 rings (SSSR count). The lowest BCUT2D eigenvalue weighted by molar-refractivity contribution is -0.160. The molecule has 1 aliphatic heterocycles. The predicted octanol–water partition coefficient (Wildman–Crippen LogP) is 0.608. The van der Waals surface area contributed by atoms with Gasteiger partial charge in [0, 0.05) is 6.42 Å². The monoisotopic (exact) mass is 185 g/mol. The van der Waals surface area contributed by atoms with Crippen LogP contribution in [-0.2, 0) is 14.3 Å². The Morgan fingerprint density at radius 2 is 2.31 bits per heavy atom. The summed E-state index contributed by atoms with van der Waals surface area (Å²) >= 11 is 0. The maximum absolute atomic E-state index is 11.2. The van der Waals surface area contributed by atoms with Gasteiger partial charge in [0.1, 0.15) is 6.04 Å². The van der Waals surface area contributed by atoms with Gasteiger partial charge in [0.25, 0.3) is 0 Å². The normalized spacial score (nSPS) is 21.5. The first-order valence-corrected chi connectivity index (χ1v) is 4.72. The number of ether oxygens (including phenoxy) is 1. The van der Waals surface area contributed by atoms with Gasteiger partial charge < -0.3 is 10.1 Å². The molecule has 4 heteroatoms. The molecule has 1 N–H and O–H groups in total. The summed E-state index contributed by atoms with van der Waals surface area (Å²) in [4.78, 5) is 22.2. The summed E-state index contributed by atoms with van der Waals surface area (Å²) in [5.41, 5.74) is 0. The Hall–Kier alpha value is -0.900. The summed E-state index contributed by atoms with van der Waals surface area (Å²) in [5, 5.41) is 2.98. The lowest BCUT2D eigenvalue weighted by Gasteiger charge is -2.07. The van der Waals surface area contributed by atoms with Crippen LogP contribution in [0.3, 0.4) is 0 Å². The van der Waals surface area contributed by atoms with Gasteiger partial charge in [-0.05, 0) is 25.8 Å². The minimum Gasteiger partial charge on any atom is -0.392 e. The molecule has 0 aromatic carbocycles. The van der Waals surface area contributed by atoms with Gasteiger partial charge in [-0.3, -0.25) is 4.79 Å². The van der Waals surface area contributed by atoms with Crippen molar-refractivity contribution in [2.45, 2.75) is 38.6 Å². The molecular weight excluding hydrogens is 170 g/mol. The third kappa shape index (κ3) is 3.14. The highest BCUT2D eigenvalue weighted by Crippen LogP contribution is 2.07. The van der Waals surface area contributed by atoms with Crippen molar-refractivity contribution >= 4 is 11.9 Å². The van der Waals surface area contributed by atoms with Crippen LogP contribution in [0, 0.1) is 0 Å². The van der Waals surface area contributed by atoms with Gasteiger partial charge in [0.05, 0.1) is 0 Å². The molecule has 0 unspecified atom stereocenters. The third-order valence-electron chi connectivity index (χ3n) is 2.01. The highest BCUT2D eigenvalue weighted by Gasteiger charge is 2.25. The Bertz CT molecular complexity index is 197. The standard InChI is InChI=1S/C9H15NO3/c1-2-4-8(11)13-9(12)7-5-3-6-10-7/h7,10H,2-6H2,1H3/t7-/m0/s1. The molecule has 74 valence electrons. The Labute approximate surface area is 77.6 Å². The Morgan fingerprint density at radius 1 is 1.54 bits per heavy atom.